The molecular formula is C12H8Br2F2N2. The lowest BCUT2D eigenvalue weighted by atomic mass is 10.1. The highest BCUT2D eigenvalue weighted by Gasteiger charge is 2.09. The fraction of sp³-hybridized carbons (Fsp3) is 0.0833. The Morgan fingerprint density at radius 3 is 2.50 bits per heavy atom. The van der Waals surface area contributed by atoms with Crippen LogP contribution in [-0.2, 0) is 6.42 Å². The molecule has 0 amide bonds. The summed E-state index contributed by atoms with van der Waals surface area (Å²) in [5.41, 5.74) is 7.21. The summed E-state index contributed by atoms with van der Waals surface area (Å²) in [5, 5.41) is 0. The third kappa shape index (κ3) is 2.87. The quantitative estimate of drug-likeness (QED) is 0.801. The van der Waals surface area contributed by atoms with E-state index >= 15 is 0 Å². The predicted molar refractivity (Wildman–Crippen MR) is 73.2 cm³/mol. The molecule has 0 spiro atoms. The van der Waals surface area contributed by atoms with E-state index in [1.165, 1.54) is 12.1 Å². The highest BCUT2D eigenvalue weighted by atomic mass is 79.9. The number of hydrogen-bond acceptors (Lipinski definition) is 2. The van der Waals surface area contributed by atoms with Crippen molar-refractivity contribution < 1.29 is 8.78 Å². The molecule has 0 aliphatic heterocycles. The van der Waals surface area contributed by atoms with Crippen molar-refractivity contribution in [2.45, 2.75) is 6.42 Å². The lowest BCUT2D eigenvalue weighted by Gasteiger charge is -2.07. The number of nitrogen functional groups attached to an aromatic ring is 1. The van der Waals surface area contributed by atoms with E-state index in [-0.39, 0.29) is 6.42 Å². The summed E-state index contributed by atoms with van der Waals surface area (Å²) in [6.45, 7) is 0. The molecule has 0 saturated heterocycles. The monoisotopic (exact) mass is 376 g/mol. The summed E-state index contributed by atoms with van der Waals surface area (Å²) in [5.74, 6) is -1.18. The number of aromatic nitrogens is 1. The van der Waals surface area contributed by atoms with Crippen LogP contribution >= 0.6 is 31.9 Å². The lowest BCUT2D eigenvalue weighted by molar-refractivity contribution is 0.574. The fourth-order valence-electron chi connectivity index (χ4n) is 1.49. The van der Waals surface area contributed by atoms with E-state index in [1.54, 1.807) is 6.07 Å². The fourth-order valence-corrected chi connectivity index (χ4v) is 2.65. The van der Waals surface area contributed by atoms with E-state index in [1.807, 2.05) is 0 Å². The van der Waals surface area contributed by atoms with Gasteiger partial charge >= 0.3 is 0 Å². The highest BCUT2D eigenvalue weighted by molar-refractivity contribution is 9.11. The Balaban J connectivity index is 2.34. The largest absolute Gasteiger partial charge is 0.396 e. The van der Waals surface area contributed by atoms with Crippen molar-refractivity contribution >= 4 is 37.5 Å². The number of pyridine rings is 1. The first-order valence-electron chi connectivity index (χ1n) is 5.01. The van der Waals surface area contributed by atoms with Gasteiger partial charge in [-0.2, -0.15) is 0 Å². The number of rotatable bonds is 2. The minimum Gasteiger partial charge on any atom is -0.396 e. The van der Waals surface area contributed by atoms with Crippen LogP contribution in [0.5, 0.6) is 0 Å². The van der Waals surface area contributed by atoms with Gasteiger partial charge in [-0.05, 0) is 49.6 Å². The average molecular weight is 378 g/mol. The van der Waals surface area contributed by atoms with Crippen LogP contribution in [0.4, 0.5) is 14.5 Å². The second kappa shape index (κ2) is 5.32. The van der Waals surface area contributed by atoms with Crippen LogP contribution in [0.25, 0.3) is 0 Å². The second-order valence-corrected chi connectivity index (χ2v) is 5.32. The van der Waals surface area contributed by atoms with Crippen molar-refractivity contribution in [3.05, 3.63) is 56.2 Å². The third-order valence-electron chi connectivity index (χ3n) is 2.40. The maximum Gasteiger partial charge on any atom is 0.130 e. The van der Waals surface area contributed by atoms with Crippen LogP contribution in [0.2, 0.25) is 0 Å². The molecule has 0 saturated carbocycles. The van der Waals surface area contributed by atoms with Gasteiger partial charge < -0.3 is 5.73 Å². The van der Waals surface area contributed by atoms with Crippen molar-refractivity contribution in [3.8, 4) is 0 Å². The molecule has 0 aliphatic carbocycles. The van der Waals surface area contributed by atoms with E-state index < -0.39 is 11.6 Å². The van der Waals surface area contributed by atoms with Gasteiger partial charge in [-0.25, -0.2) is 13.8 Å². The zero-order chi connectivity index (χ0) is 13.3. The lowest BCUT2D eigenvalue weighted by Crippen LogP contribution is -1.99. The number of nitrogens with two attached hydrogens (primary N) is 1. The van der Waals surface area contributed by atoms with Crippen LogP contribution in [0.3, 0.4) is 0 Å². The third-order valence-corrected chi connectivity index (χ3v) is 3.66. The second-order valence-electron chi connectivity index (χ2n) is 3.71. The van der Waals surface area contributed by atoms with E-state index in [0.29, 0.717) is 26.0 Å². The Morgan fingerprint density at radius 2 is 1.89 bits per heavy atom. The molecule has 1 aromatic heterocycles. The van der Waals surface area contributed by atoms with Crippen molar-refractivity contribution in [1.82, 2.24) is 4.98 Å². The molecule has 0 fully saturated rings. The standard InChI is InChI=1S/C12H8Br2F2N2/c13-9-5-8(18-12(14)11(9)17)3-6-1-2-7(15)4-10(6)16/h1-2,4-5H,3,17H2. The molecule has 2 nitrogen and oxygen atoms in total. The van der Waals surface area contributed by atoms with Gasteiger partial charge in [-0.15, -0.1) is 0 Å². The van der Waals surface area contributed by atoms with Gasteiger partial charge in [-0.1, -0.05) is 6.07 Å². The number of anilines is 1. The SMILES string of the molecule is Nc1c(Br)cc(Cc2ccc(F)cc2F)nc1Br. The van der Waals surface area contributed by atoms with Gasteiger partial charge in [0.1, 0.15) is 16.2 Å². The van der Waals surface area contributed by atoms with E-state index in [9.17, 15) is 8.78 Å². The molecule has 1 aromatic carbocycles. The van der Waals surface area contributed by atoms with Gasteiger partial charge in [0, 0.05) is 22.7 Å². The van der Waals surface area contributed by atoms with Crippen molar-refractivity contribution in [1.29, 1.82) is 0 Å². The summed E-state index contributed by atoms with van der Waals surface area (Å²) in [6.07, 6.45) is 0.267. The Labute approximate surface area is 119 Å². The molecule has 0 bridgehead atoms. The average Bonchev–Trinajstić information content (AvgIpc) is 2.29. The van der Waals surface area contributed by atoms with Crippen LogP contribution in [0.1, 0.15) is 11.3 Å². The van der Waals surface area contributed by atoms with Gasteiger partial charge in [0.2, 0.25) is 0 Å². The Bertz CT molecular complexity index is 580. The minimum absolute atomic E-state index is 0.267. The molecule has 6 heteroatoms. The smallest absolute Gasteiger partial charge is 0.130 e. The zero-order valence-electron chi connectivity index (χ0n) is 9.05. The Morgan fingerprint density at radius 1 is 1.17 bits per heavy atom. The van der Waals surface area contributed by atoms with E-state index in [0.717, 1.165) is 6.07 Å². The van der Waals surface area contributed by atoms with Gasteiger partial charge in [0.05, 0.1) is 5.69 Å². The number of nitrogens with zero attached hydrogens (tertiary/aromatic N) is 1. The number of hydrogen-bond donors (Lipinski definition) is 1. The van der Waals surface area contributed by atoms with Crippen LogP contribution in [0, 0.1) is 11.6 Å². The molecular weight excluding hydrogens is 370 g/mol. The maximum absolute atomic E-state index is 13.5. The number of halogens is 4. The maximum atomic E-state index is 13.5. The summed E-state index contributed by atoms with van der Waals surface area (Å²) in [7, 11) is 0. The Kier molecular flexibility index (Phi) is 3.97. The molecule has 2 rings (SSSR count). The predicted octanol–water partition coefficient (Wildman–Crippen LogP) is 4.06. The molecule has 0 radical (unpaired) electrons. The van der Waals surface area contributed by atoms with E-state index in [2.05, 4.69) is 36.8 Å². The molecule has 2 N–H and O–H groups in total. The molecule has 0 unspecified atom stereocenters. The van der Waals surface area contributed by atoms with Crippen LogP contribution in [-0.4, -0.2) is 4.98 Å². The van der Waals surface area contributed by atoms with Crippen LogP contribution in [0.15, 0.2) is 33.3 Å². The molecule has 94 valence electrons. The highest BCUT2D eigenvalue weighted by Crippen LogP contribution is 2.28. The molecule has 1 heterocycles. The Hall–Kier alpha value is -1.01. The summed E-state index contributed by atoms with van der Waals surface area (Å²) in [4.78, 5) is 4.19. The first-order chi connectivity index (χ1) is 8.47. The summed E-state index contributed by atoms with van der Waals surface area (Å²) < 4.78 is 27.5. The topological polar surface area (TPSA) is 38.9 Å². The molecule has 18 heavy (non-hydrogen) atoms. The zero-order valence-corrected chi connectivity index (χ0v) is 12.2. The van der Waals surface area contributed by atoms with Crippen molar-refractivity contribution in [3.63, 3.8) is 0 Å². The first kappa shape index (κ1) is 13.4. The van der Waals surface area contributed by atoms with Gasteiger partial charge in [0.15, 0.2) is 0 Å². The molecule has 0 atom stereocenters. The normalized spacial score (nSPS) is 10.7. The summed E-state index contributed by atoms with van der Waals surface area (Å²) >= 11 is 6.51. The first-order valence-corrected chi connectivity index (χ1v) is 6.60. The number of benzene rings is 1. The van der Waals surface area contributed by atoms with Gasteiger partial charge in [-0.3, -0.25) is 0 Å². The van der Waals surface area contributed by atoms with Crippen molar-refractivity contribution in [2.24, 2.45) is 0 Å². The molecule has 2 aromatic rings. The summed E-state index contributed by atoms with van der Waals surface area (Å²) in [6, 6.07) is 5.20. The molecule has 0 aliphatic rings. The van der Waals surface area contributed by atoms with E-state index in [4.69, 9.17) is 5.73 Å². The minimum atomic E-state index is -0.594. The van der Waals surface area contributed by atoms with Crippen molar-refractivity contribution in [2.75, 3.05) is 5.73 Å². The van der Waals surface area contributed by atoms with Crippen LogP contribution < -0.4 is 5.73 Å². The van der Waals surface area contributed by atoms with Gasteiger partial charge in [0.25, 0.3) is 0 Å².